The average molecular weight is 456 g/mol. The maximum Gasteiger partial charge on any atom is 0.262 e. The number of carbonyl (C=O) groups excluding carboxylic acids is 2. The number of ether oxygens (including phenoxy) is 1. The summed E-state index contributed by atoms with van der Waals surface area (Å²) in [4.78, 5) is 24.4. The minimum Gasteiger partial charge on any atom is -0.482 e. The van der Waals surface area contributed by atoms with E-state index in [-0.39, 0.29) is 34.7 Å². The molecule has 0 aliphatic heterocycles. The molecule has 166 valence electrons. The lowest BCUT2D eigenvalue weighted by Gasteiger charge is -2.22. The van der Waals surface area contributed by atoms with Gasteiger partial charge in [-0.2, -0.15) is 5.26 Å². The zero-order valence-corrected chi connectivity index (χ0v) is 18.1. The topological polar surface area (TPSA) is 91.2 Å². The van der Waals surface area contributed by atoms with Gasteiger partial charge in [-0.05, 0) is 48.7 Å². The maximum absolute atomic E-state index is 13.6. The molecular weight excluding hydrogens is 433 g/mol. The van der Waals surface area contributed by atoms with Crippen LogP contribution in [0.25, 0.3) is 6.08 Å². The number of nitrogens with one attached hydrogen (secondary N) is 2. The van der Waals surface area contributed by atoms with Crippen molar-refractivity contribution >= 4 is 35.2 Å². The minimum atomic E-state index is -0.546. The van der Waals surface area contributed by atoms with Crippen LogP contribution in [0.2, 0.25) is 5.02 Å². The van der Waals surface area contributed by atoms with Crippen LogP contribution in [0.3, 0.4) is 0 Å². The lowest BCUT2D eigenvalue weighted by molar-refractivity contribution is -0.118. The summed E-state index contributed by atoms with van der Waals surface area (Å²) < 4.78 is 19.0. The molecular formula is C24H23ClFN3O3. The number of para-hydroxylation sites is 1. The highest BCUT2D eigenvalue weighted by Gasteiger charge is 2.18. The summed E-state index contributed by atoms with van der Waals surface area (Å²) in [7, 11) is 0. The van der Waals surface area contributed by atoms with Gasteiger partial charge < -0.3 is 15.4 Å². The number of carbonyl (C=O) groups is 2. The molecule has 0 atom stereocenters. The molecule has 2 N–H and O–H groups in total. The van der Waals surface area contributed by atoms with Crippen molar-refractivity contribution in [3.05, 3.63) is 64.4 Å². The molecule has 1 aliphatic rings. The first-order valence-electron chi connectivity index (χ1n) is 10.4. The molecule has 3 rings (SSSR count). The Labute approximate surface area is 191 Å². The predicted molar refractivity (Wildman–Crippen MR) is 121 cm³/mol. The molecule has 6 nitrogen and oxygen atoms in total. The van der Waals surface area contributed by atoms with Crippen LogP contribution < -0.4 is 15.4 Å². The lowest BCUT2D eigenvalue weighted by atomic mass is 9.95. The molecule has 0 saturated heterocycles. The zero-order chi connectivity index (χ0) is 22.9. The van der Waals surface area contributed by atoms with Gasteiger partial charge >= 0.3 is 0 Å². The highest BCUT2D eigenvalue weighted by molar-refractivity contribution is 6.32. The van der Waals surface area contributed by atoms with E-state index in [2.05, 4.69) is 10.6 Å². The van der Waals surface area contributed by atoms with Gasteiger partial charge in [0.2, 0.25) is 0 Å². The Kier molecular flexibility index (Phi) is 8.23. The van der Waals surface area contributed by atoms with Crippen LogP contribution in [0.1, 0.15) is 37.7 Å². The van der Waals surface area contributed by atoms with Crippen LogP contribution in [-0.4, -0.2) is 24.5 Å². The molecule has 8 heteroatoms. The Morgan fingerprint density at radius 2 is 1.94 bits per heavy atom. The Balaban J connectivity index is 1.59. The van der Waals surface area contributed by atoms with E-state index in [0.717, 1.165) is 25.7 Å². The molecule has 1 saturated carbocycles. The van der Waals surface area contributed by atoms with Gasteiger partial charge in [-0.3, -0.25) is 9.59 Å². The molecule has 0 aromatic heterocycles. The van der Waals surface area contributed by atoms with Crippen LogP contribution in [0.4, 0.5) is 10.1 Å². The molecule has 1 aliphatic carbocycles. The summed E-state index contributed by atoms with van der Waals surface area (Å²) in [5, 5.41) is 14.9. The SMILES string of the molecule is N#CC(=Cc1ccc(OCC(=O)Nc2ccccc2F)c(Cl)c1)C(=O)NC1CCCCC1. The summed E-state index contributed by atoms with van der Waals surface area (Å²) in [6, 6.07) is 12.5. The van der Waals surface area contributed by atoms with E-state index in [1.807, 2.05) is 6.07 Å². The Bertz CT molecular complexity index is 1060. The van der Waals surface area contributed by atoms with E-state index >= 15 is 0 Å². The largest absolute Gasteiger partial charge is 0.482 e. The lowest BCUT2D eigenvalue weighted by Crippen LogP contribution is -2.36. The first-order valence-corrected chi connectivity index (χ1v) is 10.7. The van der Waals surface area contributed by atoms with Crippen LogP contribution in [0.5, 0.6) is 5.75 Å². The van der Waals surface area contributed by atoms with Crippen LogP contribution in [0.15, 0.2) is 48.0 Å². The van der Waals surface area contributed by atoms with E-state index in [1.165, 1.54) is 36.8 Å². The monoisotopic (exact) mass is 455 g/mol. The molecule has 2 amide bonds. The van der Waals surface area contributed by atoms with Gasteiger partial charge in [-0.15, -0.1) is 0 Å². The molecule has 0 radical (unpaired) electrons. The Morgan fingerprint density at radius 3 is 2.62 bits per heavy atom. The van der Waals surface area contributed by atoms with Crippen LogP contribution in [0, 0.1) is 17.1 Å². The van der Waals surface area contributed by atoms with Gasteiger partial charge in [0.25, 0.3) is 11.8 Å². The molecule has 0 heterocycles. The number of hydrogen-bond donors (Lipinski definition) is 2. The van der Waals surface area contributed by atoms with Crippen molar-refractivity contribution in [2.75, 3.05) is 11.9 Å². The second kappa shape index (κ2) is 11.3. The van der Waals surface area contributed by atoms with Gasteiger partial charge in [0.15, 0.2) is 6.61 Å². The molecule has 32 heavy (non-hydrogen) atoms. The Morgan fingerprint density at radius 1 is 1.19 bits per heavy atom. The third-order valence-electron chi connectivity index (χ3n) is 5.08. The summed E-state index contributed by atoms with van der Waals surface area (Å²) in [6.45, 7) is -0.365. The van der Waals surface area contributed by atoms with Gasteiger partial charge in [0.05, 0.1) is 10.7 Å². The first-order chi connectivity index (χ1) is 15.5. The quantitative estimate of drug-likeness (QED) is 0.461. The summed E-state index contributed by atoms with van der Waals surface area (Å²) in [5.41, 5.74) is 0.598. The molecule has 1 fully saturated rings. The van der Waals surface area contributed by atoms with E-state index in [0.29, 0.717) is 5.56 Å². The first kappa shape index (κ1) is 23.3. The van der Waals surface area contributed by atoms with Crippen molar-refractivity contribution in [1.29, 1.82) is 5.26 Å². The van der Waals surface area contributed by atoms with Crippen LogP contribution >= 0.6 is 11.6 Å². The van der Waals surface area contributed by atoms with Crippen molar-refractivity contribution in [2.24, 2.45) is 0 Å². The van der Waals surface area contributed by atoms with E-state index < -0.39 is 17.6 Å². The predicted octanol–water partition coefficient (Wildman–Crippen LogP) is 4.85. The zero-order valence-electron chi connectivity index (χ0n) is 17.4. The third-order valence-corrected chi connectivity index (χ3v) is 5.37. The smallest absolute Gasteiger partial charge is 0.262 e. The number of rotatable bonds is 7. The molecule has 0 unspecified atom stereocenters. The summed E-state index contributed by atoms with van der Waals surface area (Å²) in [5.74, 6) is -1.24. The second-order valence-electron chi connectivity index (χ2n) is 7.48. The fourth-order valence-corrected chi connectivity index (χ4v) is 3.68. The number of anilines is 1. The molecule has 2 aromatic rings. The average Bonchev–Trinajstić information content (AvgIpc) is 2.79. The van der Waals surface area contributed by atoms with Crippen molar-refractivity contribution in [2.45, 2.75) is 38.1 Å². The number of amides is 2. The van der Waals surface area contributed by atoms with Crippen molar-refractivity contribution in [3.8, 4) is 11.8 Å². The number of nitrogens with zero attached hydrogens (tertiary/aromatic N) is 1. The van der Waals surface area contributed by atoms with Crippen molar-refractivity contribution in [1.82, 2.24) is 5.32 Å². The fourth-order valence-electron chi connectivity index (χ4n) is 3.44. The number of halogens is 2. The molecule has 0 spiro atoms. The van der Waals surface area contributed by atoms with E-state index in [9.17, 15) is 19.2 Å². The van der Waals surface area contributed by atoms with Crippen molar-refractivity contribution < 1.29 is 18.7 Å². The fraction of sp³-hybridized carbons (Fsp3) is 0.292. The van der Waals surface area contributed by atoms with Crippen molar-refractivity contribution in [3.63, 3.8) is 0 Å². The summed E-state index contributed by atoms with van der Waals surface area (Å²) in [6.07, 6.45) is 6.63. The van der Waals surface area contributed by atoms with Gasteiger partial charge in [0.1, 0.15) is 23.2 Å². The number of nitriles is 1. The standard InChI is InChI=1S/C24H23ClFN3O3/c25-19-13-16(12-17(14-27)24(31)28-18-6-2-1-3-7-18)10-11-22(19)32-15-23(30)29-21-9-5-4-8-20(21)26/h4-5,8-13,18H,1-3,6-7,15H2,(H,28,31)(H,29,30). The normalized spacial score (nSPS) is 14.3. The van der Waals surface area contributed by atoms with Gasteiger partial charge in [-0.1, -0.05) is 49.1 Å². The highest BCUT2D eigenvalue weighted by Crippen LogP contribution is 2.27. The second-order valence-corrected chi connectivity index (χ2v) is 7.89. The number of benzene rings is 2. The molecule has 2 aromatic carbocycles. The minimum absolute atomic E-state index is 0.00965. The van der Waals surface area contributed by atoms with Gasteiger partial charge in [0, 0.05) is 6.04 Å². The van der Waals surface area contributed by atoms with Gasteiger partial charge in [-0.25, -0.2) is 4.39 Å². The Hall–Kier alpha value is -3.37. The molecule has 0 bridgehead atoms. The number of hydrogen-bond acceptors (Lipinski definition) is 4. The van der Waals surface area contributed by atoms with E-state index in [1.54, 1.807) is 18.2 Å². The highest BCUT2D eigenvalue weighted by atomic mass is 35.5. The van der Waals surface area contributed by atoms with Crippen LogP contribution in [-0.2, 0) is 9.59 Å². The third kappa shape index (κ3) is 6.56. The summed E-state index contributed by atoms with van der Waals surface area (Å²) >= 11 is 6.23. The van der Waals surface area contributed by atoms with E-state index in [4.69, 9.17) is 16.3 Å². The maximum atomic E-state index is 13.6.